The average molecular weight is 232 g/mol. The maximum atomic E-state index is 9.52. The third-order valence-corrected chi connectivity index (χ3v) is 4.07. The van der Waals surface area contributed by atoms with Crippen molar-refractivity contribution in [1.29, 1.82) is 0 Å². The van der Waals surface area contributed by atoms with Crippen molar-refractivity contribution in [1.82, 2.24) is 4.98 Å². The molecule has 0 atom stereocenters. The smallest absolute Gasteiger partial charge is 0.181 e. The zero-order valence-electron chi connectivity index (χ0n) is 8.70. The Kier molecular flexibility index (Phi) is 3.80. The Bertz CT molecular complexity index is 304. The number of aromatic nitrogens is 1. The van der Waals surface area contributed by atoms with Gasteiger partial charge in [0.2, 0.25) is 0 Å². The molecule has 0 aliphatic carbocycles. The van der Waals surface area contributed by atoms with Crippen LogP contribution in [-0.4, -0.2) is 21.4 Å². The van der Waals surface area contributed by atoms with E-state index < -0.39 is 5.60 Å². The molecule has 0 spiro atoms. The highest BCUT2D eigenvalue weighted by atomic mass is 32.2. The second kappa shape index (κ2) is 4.51. The highest BCUT2D eigenvalue weighted by molar-refractivity contribution is 8.01. The normalized spacial score (nSPS) is 12.0. The molecule has 0 aliphatic heterocycles. The second-order valence-electron chi connectivity index (χ2n) is 3.84. The van der Waals surface area contributed by atoms with Gasteiger partial charge in [0.05, 0.1) is 15.5 Å². The standard InChI is InChI=1S/C9H16N2OS2/c1-6-7(14-8(10)11-6)13-5-4-9(2,3)12/h12H,4-5H2,1-3H3,(H2,10,11). The molecule has 0 saturated carbocycles. The number of nitrogens with two attached hydrogens (primary N) is 1. The van der Waals surface area contributed by atoms with Crippen LogP contribution >= 0.6 is 23.1 Å². The lowest BCUT2D eigenvalue weighted by atomic mass is 10.1. The van der Waals surface area contributed by atoms with Gasteiger partial charge in [0.15, 0.2) is 5.13 Å². The summed E-state index contributed by atoms with van der Waals surface area (Å²) < 4.78 is 1.16. The molecule has 1 heterocycles. The molecule has 0 aliphatic rings. The Morgan fingerprint density at radius 1 is 1.57 bits per heavy atom. The summed E-state index contributed by atoms with van der Waals surface area (Å²) in [5, 5.41) is 10.1. The van der Waals surface area contributed by atoms with Gasteiger partial charge < -0.3 is 10.8 Å². The van der Waals surface area contributed by atoms with E-state index in [1.54, 1.807) is 11.8 Å². The molecule has 0 aromatic carbocycles. The largest absolute Gasteiger partial charge is 0.390 e. The van der Waals surface area contributed by atoms with E-state index in [1.165, 1.54) is 11.3 Å². The summed E-state index contributed by atoms with van der Waals surface area (Å²) in [7, 11) is 0. The first-order valence-corrected chi connectivity index (χ1v) is 6.27. The summed E-state index contributed by atoms with van der Waals surface area (Å²) in [5.74, 6) is 0.895. The first-order chi connectivity index (χ1) is 6.38. The zero-order chi connectivity index (χ0) is 10.8. The van der Waals surface area contributed by atoms with Gasteiger partial charge in [-0.25, -0.2) is 4.98 Å². The van der Waals surface area contributed by atoms with Crippen molar-refractivity contribution in [2.45, 2.75) is 37.0 Å². The van der Waals surface area contributed by atoms with Crippen molar-refractivity contribution in [2.75, 3.05) is 11.5 Å². The highest BCUT2D eigenvalue weighted by Crippen LogP contribution is 2.31. The Hall–Kier alpha value is -0.260. The van der Waals surface area contributed by atoms with Crippen LogP contribution < -0.4 is 5.73 Å². The molecule has 1 aromatic heterocycles. The molecule has 3 N–H and O–H groups in total. The number of thioether (sulfide) groups is 1. The third-order valence-electron chi connectivity index (χ3n) is 1.72. The molecule has 3 nitrogen and oxygen atoms in total. The number of thiazole rings is 1. The summed E-state index contributed by atoms with van der Waals surface area (Å²) in [4.78, 5) is 4.14. The fraction of sp³-hybridized carbons (Fsp3) is 0.667. The Morgan fingerprint density at radius 2 is 2.21 bits per heavy atom. The van der Waals surface area contributed by atoms with Gasteiger partial charge in [-0.15, -0.1) is 11.8 Å². The van der Waals surface area contributed by atoms with E-state index >= 15 is 0 Å². The molecule has 0 unspecified atom stereocenters. The van der Waals surface area contributed by atoms with Crippen LogP contribution in [0.25, 0.3) is 0 Å². The topological polar surface area (TPSA) is 59.1 Å². The summed E-state index contributed by atoms with van der Waals surface area (Å²) in [5.41, 5.74) is 5.99. The van der Waals surface area contributed by atoms with Crippen molar-refractivity contribution in [3.63, 3.8) is 0 Å². The summed E-state index contributed by atoms with van der Waals surface area (Å²) >= 11 is 3.22. The fourth-order valence-corrected chi connectivity index (χ4v) is 3.28. The predicted octanol–water partition coefficient (Wildman–Crippen LogP) is 2.29. The number of aliphatic hydroxyl groups is 1. The molecule has 1 rings (SSSR count). The monoisotopic (exact) mass is 232 g/mol. The minimum absolute atomic E-state index is 0.586. The molecule has 0 radical (unpaired) electrons. The second-order valence-corrected chi connectivity index (χ2v) is 6.23. The molecule has 0 amide bonds. The van der Waals surface area contributed by atoms with E-state index in [-0.39, 0.29) is 0 Å². The molecule has 14 heavy (non-hydrogen) atoms. The molecular formula is C9H16N2OS2. The minimum atomic E-state index is -0.586. The van der Waals surface area contributed by atoms with Crippen molar-refractivity contribution in [2.24, 2.45) is 0 Å². The lowest BCUT2D eigenvalue weighted by Gasteiger charge is -2.15. The van der Waals surface area contributed by atoms with Crippen molar-refractivity contribution < 1.29 is 5.11 Å². The molecule has 80 valence electrons. The number of nitrogen functional groups attached to an aromatic ring is 1. The van der Waals surface area contributed by atoms with Gasteiger partial charge in [0, 0.05) is 5.75 Å². The molecular weight excluding hydrogens is 216 g/mol. The van der Waals surface area contributed by atoms with Crippen LogP contribution in [-0.2, 0) is 0 Å². The van der Waals surface area contributed by atoms with Gasteiger partial charge >= 0.3 is 0 Å². The van der Waals surface area contributed by atoms with Crippen LogP contribution in [0.4, 0.5) is 5.13 Å². The first kappa shape index (κ1) is 11.8. The average Bonchev–Trinajstić information content (AvgIpc) is 2.27. The Morgan fingerprint density at radius 3 is 2.64 bits per heavy atom. The van der Waals surface area contributed by atoms with Crippen LogP contribution in [0.5, 0.6) is 0 Å². The number of aryl methyl sites for hydroxylation is 1. The van der Waals surface area contributed by atoms with Crippen LogP contribution in [0.3, 0.4) is 0 Å². The fourth-order valence-electron chi connectivity index (χ4n) is 0.930. The number of hydrogen-bond donors (Lipinski definition) is 2. The van der Waals surface area contributed by atoms with Gasteiger partial charge in [-0.2, -0.15) is 0 Å². The first-order valence-electron chi connectivity index (χ1n) is 4.46. The van der Waals surface area contributed by atoms with E-state index in [2.05, 4.69) is 4.98 Å². The molecule has 5 heteroatoms. The SMILES string of the molecule is Cc1nc(N)sc1SCCC(C)(C)O. The zero-order valence-corrected chi connectivity index (χ0v) is 10.3. The van der Waals surface area contributed by atoms with Gasteiger partial charge in [0.1, 0.15) is 0 Å². The third kappa shape index (κ3) is 3.86. The Labute approximate surface area is 92.7 Å². The lowest BCUT2D eigenvalue weighted by molar-refractivity contribution is 0.0778. The van der Waals surface area contributed by atoms with E-state index in [4.69, 9.17) is 5.73 Å². The quantitative estimate of drug-likeness (QED) is 0.782. The number of anilines is 1. The number of rotatable bonds is 4. The van der Waals surface area contributed by atoms with Crippen LogP contribution in [0.1, 0.15) is 26.0 Å². The number of nitrogens with zero attached hydrogens (tertiary/aromatic N) is 1. The summed E-state index contributed by atoms with van der Waals surface area (Å²) in [6.45, 7) is 5.60. The molecule has 0 fully saturated rings. The van der Waals surface area contributed by atoms with Gasteiger partial charge in [0.25, 0.3) is 0 Å². The van der Waals surface area contributed by atoms with Gasteiger partial charge in [-0.1, -0.05) is 11.3 Å². The van der Waals surface area contributed by atoms with Crippen molar-refractivity contribution in [3.05, 3.63) is 5.69 Å². The maximum absolute atomic E-state index is 9.52. The lowest BCUT2D eigenvalue weighted by Crippen LogP contribution is -2.18. The van der Waals surface area contributed by atoms with Crippen LogP contribution in [0.2, 0.25) is 0 Å². The predicted molar refractivity (Wildman–Crippen MR) is 62.9 cm³/mol. The maximum Gasteiger partial charge on any atom is 0.181 e. The van der Waals surface area contributed by atoms with E-state index in [0.717, 1.165) is 22.1 Å². The van der Waals surface area contributed by atoms with Gasteiger partial charge in [-0.3, -0.25) is 0 Å². The minimum Gasteiger partial charge on any atom is -0.390 e. The molecule has 0 bridgehead atoms. The van der Waals surface area contributed by atoms with Crippen LogP contribution in [0.15, 0.2) is 4.21 Å². The molecule has 1 aromatic rings. The Balaban J connectivity index is 2.42. The van der Waals surface area contributed by atoms with Crippen LogP contribution in [0, 0.1) is 6.92 Å². The van der Waals surface area contributed by atoms with E-state index in [0.29, 0.717) is 5.13 Å². The van der Waals surface area contributed by atoms with E-state index in [9.17, 15) is 5.11 Å². The highest BCUT2D eigenvalue weighted by Gasteiger charge is 2.13. The molecule has 0 saturated heterocycles. The van der Waals surface area contributed by atoms with E-state index in [1.807, 2.05) is 20.8 Å². The summed E-state index contributed by atoms with van der Waals surface area (Å²) in [6, 6.07) is 0. The number of hydrogen-bond acceptors (Lipinski definition) is 5. The van der Waals surface area contributed by atoms with Crippen molar-refractivity contribution >= 4 is 28.2 Å². The van der Waals surface area contributed by atoms with Crippen molar-refractivity contribution in [3.8, 4) is 0 Å². The summed E-state index contributed by atoms with van der Waals surface area (Å²) in [6.07, 6.45) is 0.773. The van der Waals surface area contributed by atoms with Gasteiger partial charge in [-0.05, 0) is 27.2 Å².